The van der Waals surface area contributed by atoms with Crippen LogP contribution in [0.1, 0.15) is 5.56 Å². The molecule has 1 heterocycles. The van der Waals surface area contributed by atoms with Crippen molar-refractivity contribution in [2.45, 2.75) is 5.16 Å². The van der Waals surface area contributed by atoms with Crippen LogP contribution in [0.15, 0.2) is 83.1 Å². The molecule has 0 atom stereocenters. The van der Waals surface area contributed by atoms with Crippen LogP contribution >= 0.6 is 35.0 Å². The van der Waals surface area contributed by atoms with E-state index in [0.29, 0.717) is 26.6 Å². The van der Waals surface area contributed by atoms with Crippen LogP contribution in [0.3, 0.4) is 0 Å². The molecule has 3 aromatic carbocycles. The average Bonchev–Trinajstić information content (AvgIpc) is 3.30. The van der Waals surface area contributed by atoms with Gasteiger partial charge in [-0.2, -0.15) is 5.10 Å². The van der Waals surface area contributed by atoms with Crippen LogP contribution < -0.4 is 10.2 Å². The van der Waals surface area contributed by atoms with E-state index in [1.54, 1.807) is 25.3 Å². The fourth-order valence-corrected chi connectivity index (χ4v) is 4.16. The summed E-state index contributed by atoms with van der Waals surface area (Å²) in [5.41, 5.74) is 4.86. The summed E-state index contributed by atoms with van der Waals surface area (Å²) >= 11 is 13.4. The number of hydrogen-bond acceptors (Lipinski definition) is 6. The van der Waals surface area contributed by atoms with Gasteiger partial charge in [-0.15, -0.1) is 10.2 Å². The number of hydrazone groups is 1. The Labute approximate surface area is 210 Å². The van der Waals surface area contributed by atoms with E-state index in [4.69, 9.17) is 27.9 Å². The Morgan fingerprint density at radius 1 is 1.06 bits per heavy atom. The van der Waals surface area contributed by atoms with Gasteiger partial charge in [0.05, 0.1) is 29.1 Å². The summed E-state index contributed by atoms with van der Waals surface area (Å²) in [5.74, 6) is 1.20. The maximum atomic E-state index is 12.4. The second-order valence-electron chi connectivity index (χ2n) is 6.93. The van der Waals surface area contributed by atoms with Crippen LogP contribution in [0, 0.1) is 0 Å². The third-order valence-corrected chi connectivity index (χ3v) is 6.47. The molecule has 0 saturated heterocycles. The minimum atomic E-state index is -0.298. The van der Waals surface area contributed by atoms with Crippen molar-refractivity contribution in [1.29, 1.82) is 0 Å². The molecule has 1 N–H and O–H groups in total. The molecule has 4 rings (SSSR count). The molecule has 34 heavy (non-hydrogen) atoms. The van der Waals surface area contributed by atoms with E-state index in [1.807, 2.05) is 59.2 Å². The average molecular weight is 512 g/mol. The highest BCUT2D eigenvalue weighted by molar-refractivity contribution is 7.99. The van der Waals surface area contributed by atoms with Crippen molar-refractivity contribution in [2.24, 2.45) is 5.10 Å². The predicted molar refractivity (Wildman–Crippen MR) is 136 cm³/mol. The maximum Gasteiger partial charge on any atom is 0.250 e. The number of rotatable bonds is 8. The van der Waals surface area contributed by atoms with Gasteiger partial charge in [-0.05, 0) is 42.5 Å². The topological polar surface area (TPSA) is 81.4 Å². The Kier molecular flexibility index (Phi) is 7.84. The largest absolute Gasteiger partial charge is 0.497 e. The number of carbonyl (C=O) groups excluding carboxylic acids is 1. The maximum absolute atomic E-state index is 12.4. The number of halogens is 2. The van der Waals surface area contributed by atoms with E-state index in [0.717, 1.165) is 17.0 Å². The molecule has 0 aliphatic heterocycles. The van der Waals surface area contributed by atoms with Crippen molar-refractivity contribution in [1.82, 2.24) is 20.2 Å². The molecule has 0 bridgehead atoms. The molecule has 4 aromatic rings. The van der Waals surface area contributed by atoms with Crippen LogP contribution in [0.4, 0.5) is 0 Å². The van der Waals surface area contributed by atoms with Crippen molar-refractivity contribution < 1.29 is 9.53 Å². The van der Waals surface area contributed by atoms with E-state index >= 15 is 0 Å². The van der Waals surface area contributed by atoms with Crippen LogP contribution in [0.5, 0.6) is 5.75 Å². The van der Waals surface area contributed by atoms with Crippen LogP contribution in [-0.4, -0.2) is 39.7 Å². The van der Waals surface area contributed by atoms with Gasteiger partial charge < -0.3 is 4.74 Å². The van der Waals surface area contributed by atoms with Crippen molar-refractivity contribution in [3.63, 3.8) is 0 Å². The summed E-state index contributed by atoms with van der Waals surface area (Å²) < 4.78 is 7.16. The molecule has 0 radical (unpaired) electrons. The Balaban J connectivity index is 1.50. The highest BCUT2D eigenvalue weighted by atomic mass is 35.5. The molecule has 0 aliphatic carbocycles. The van der Waals surface area contributed by atoms with Gasteiger partial charge in [-0.3, -0.25) is 9.36 Å². The summed E-state index contributed by atoms with van der Waals surface area (Å²) in [4.78, 5) is 12.4. The first kappa shape index (κ1) is 23.8. The summed E-state index contributed by atoms with van der Waals surface area (Å²) in [6.07, 6.45) is 1.45. The van der Waals surface area contributed by atoms with Crippen LogP contribution in [0.25, 0.3) is 17.1 Å². The number of nitrogens with one attached hydrogen (secondary N) is 1. The quantitative estimate of drug-likeness (QED) is 0.192. The minimum absolute atomic E-state index is 0.0915. The molecule has 1 aromatic heterocycles. The first-order valence-corrected chi connectivity index (χ1v) is 11.8. The van der Waals surface area contributed by atoms with Crippen molar-refractivity contribution in [3.8, 4) is 22.8 Å². The zero-order valence-corrected chi connectivity index (χ0v) is 20.3. The Morgan fingerprint density at radius 2 is 1.82 bits per heavy atom. The molecule has 7 nitrogen and oxygen atoms in total. The van der Waals surface area contributed by atoms with E-state index in [1.165, 1.54) is 18.0 Å². The minimum Gasteiger partial charge on any atom is -0.497 e. The molecule has 172 valence electrons. The van der Waals surface area contributed by atoms with Gasteiger partial charge >= 0.3 is 0 Å². The van der Waals surface area contributed by atoms with E-state index in [2.05, 4.69) is 20.7 Å². The lowest BCUT2D eigenvalue weighted by Crippen LogP contribution is -2.20. The lowest BCUT2D eigenvalue weighted by atomic mass is 10.2. The number of para-hydroxylation sites is 1. The number of carbonyl (C=O) groups is 1. The third-order valence-electron chi connectivity index (χ3n) is 4.70. The molecular formula is C24H19Cl2N5O2S. The monoisotopic (exact) mass is 511 g/mol. The number of methoxy groups -OCH3 is 1. The van der Waals surface area contributed by atoms with E-state index in [9.17, 15) is 4.79 Å². The number of hydrogen-bond donors (Lipinski definition) is 1. The first-order valence-electron chi connectivity index (χ1n) is 10.1. The lowest BCUT2D eigenvalue weighted by Gasteiger charge is -2.10. The summed E-state index contributed by atoms with van der Waals surface area (Å²) in [5, 5.41) is 14.0. The lowest BCUT2D eigenvalue weighted by molar-refractivity contribution is -0.118. The van der Waals surface area contributed by atoms with Gasteiger partial charge in [0.2, 0.25) is 0 Å². The summed E-state index contributed by atoms with van der Waals surface area (Å²) in [6, 6.07) is 22.5. The fraction of sp³-hybridized carbons (Fsp3) is 0.0833. The predicted octanol–water partition coefficient (Wildman–Crippen LogP) is 5.49. The number of ether oxygens (including phenoxy) is 1. The zero-order chi connectivity index (χ0) is 23.9. The van der Waals surface area contributed by atoms with Gasteiger partial charge in [0.25, 0.3) is 5.91 Å². The molecule has 10 heteroatoms. The van der Waals surface area contributed by atoms with Gasteiger partial charge in [0.15, 0.2) is 11.0 Å². The SMILES string of the molecule is COc1ccc(-c2nnc(SCC(=O)N/N=C/c3cccc(Cl)c3Cl)n2-c2ccccc2)cc1. The molecule has 0 fully saturated rings. The Hall–Kier alpha value is -3.33. The highest BCUT2D eigenvalue weighted by Gasteiger charge is 2.17. The van der Waals surface area contributed by atoms with E-state index < -0.39 is 0 Å². The number of benzene rings is 3. The fourth-order valence-electron chi connectivity index (χ4n) is 3.06. The Bertz CT molecular complexity index is 1310. The van der Waals surface area contributed by atoms with Crippen LogP contribution in [0.2, 0.25) is 10.0 Å². The number of aromatic nitrogens is 3. The van der Waals surface area contributed by atoms with Crippen LogP contribution in [-0.2, 0) is 4.79 Å². The molecule has 0 spiro atoms. The Morgan fingerprint density at radius 3 is 2.56 bits per heavy atom. The standard InChI is InChI=1S/C24H19Cl2N5O2S/c1-33-19-12-10-16(11-13-19)23-29-30-24(31(23)18-7-3-2-4-8-18)34-15-21(32)28-27-14-17-6-5-9-20(25)22(17)26/h2-14H,15H2,1H3,(H,28,32)/b27-14+. The third kappa shape index (κ3) is 5.59. The number of amides is 1. The molecule has 0 unspecified atom stereocenters. The number of nitrogens with zero attached hydrogens (tertiary/aromatic N) is 4. The van der Waals surface area contributed by atoms with E-state index in [-0.39, 0.29) is 11.7 Å². The first-order chi connectivity index (χ1) is 16.6. The normalized spacial score (nSPS) is 11.0. The highest BCUT2D eigenvalue weighted by Crippen LogP contribution is 2.29. The number of thioether (sulfide) groups is 1. The van der Waals surface area contributed by atoms with Gasteiger partial charge in [0, 0.05) is 16.8 Å². The van der Waals surface area contributed by atoms with Gasteiger partial charge in [0.1, 0.15) is 5.75 Å². The molecule has 0 saturated carbocycles. The van der Waals surface area contributed by atoms with Crippen molar-refractivity contribution in [2.75, 3.05) is 12.9 Å². The molecule has 1 amide bonds. The van der Waals surface area contributed by atoms with Crippen molar-refractivity contribution in [3.05, 3.63) is 88.4 Å². The smallest absolute Gasteiger partial charge is 0.250 e. The van der Waals surface area contributed by atoms with Crippen molar-refractivity contribution >= 4 is 47.1 Å². The molecule has 0 aliphatic rings. The second-order valence-corrected chi connectivity index (χ2v) is 8.66. The molecular weight excluding hydrogens is 493 g/mol. The summed E-state index contributed by atoms with van der Waals surface area (Å²) in [7, 11) is 1.62. The van der Waals surface area contributed by atoms with Gasteiger partial charge in [-0.1, -0.05) is 65.3 Å². The second kappa shape index (κ2) is 11.2. The van der Waals surface area contributed by atoms with Gasteiger partial charge in [-0.25, -0.2) is 5.43 Å². The summed E-state index contributed by atoms with van der Waals surface area (Å²) in [6.45, 7) is 0. The zero-order valence-electron chi connectivity index (χ0n) is 18.0.